The number of halogens is 14. The van der Waals surface area contributed by atoms with E-state index in [2.05, 4.69) is 0 Å². The van der Waals surface area contributed by atoms with Crippen LogP contribution >= 0.6 is 0 Å². The summed E-state index contributed by atoms with van der Waals surface area (Å²) < 4.78 is 195. The second kappa shape index (κ2) is 7.09. The van der Waals surface area contributed by atoms with Gasteiger partial charge in [-0.2, -0.15) is 61.5 Å². The van der Waals surface area contributed by atoms with Crippen molar-refractivity contribution in [2.75, 3.05) is 11.5 Å². The van der Waals surface area contributed by atoms with E-state index in [0.29, 0.717) is 0 Å². The maximum absolute atomic E-state index is 13.1. The third-order valence-electron chi connectivity index (χ3n) is 3.08. The van der Waals surface area contributed by atoms with Crippen molar-refractivity contribution in [2.45, 2.75) is 48.9 Å². The van der Waals surface area contributed by atoms with E-state index in [1.807, 2.05) is 0 Å². The molecule has 0 N–H and O–H groups in total. The molecular formula is C10H8F14O2S. The van der Waals surface area contributed by atoms with Gasteiger partial charge in [0.25, 0.3) is 0 Å². The van der Waals surface area contributed by atoms with E-state index in [0.717, 1.165) is 0 Å². The van der Waals surface area contributed by atoms with Gasteiger partial charge in [-0.25, -0.2) is 8.42 Å². The molecule has 0 saturated carbocycles. The van der Waals surface area contributed by atoms with E-state index in [1.54, 1.807) is 0 Å². The van der Waals surface area contributed by atoms with Crippen LogP contribution in [0.4, 0.5) is 61.5 Å². The van der Waals surface area contributed by atoms with Crippen molar-refractivity contribution in [2.24, 2.45) is 0 Å². The Bertz CT molecular complexity index is 615. The Morgan fingerprint density at radius 2 is 0.815 bits per heavy atom. The van der Waals surface area contributed by atoms with Gasteiger partial charge in [0, 0.05) is 12.8 Å². The van der Waals surface area contributed by atoms with Crippen molar-refractivity contribution in [1.82, 2.24) is 0 Å². The van der Waals surface area contributed by atoms with Gasteiger partial charge in [0.1, 0.15) is 0 Å². The van der Waals surface area contributed by atoms with Crippen LogP contribution in [0.25, 0.3) is 0 Å². The highest BCUT2D eigenvalue weighted by Gasteiger charge is 2.81. The number of rotatable bonds is 8. The van der Waals surface area contributed by atoms with Gasteiger partial charge in [0.2, 0.25) is 0 Å². The summed E-state index contributed by atoms with van der Waals surface area (Å²) in [7, 11) is -5.37. The zero-order valence-electron chi connectivity index (χ0n) is 12.3. The van der Waals surface area contributed by atoms with Crippen molar-refractivity contribution in [1.29, 1.82) is 0 Å². The van der Waals surface area contributed by atoms with E-state index < -0.39 is 70.2 Å². The summed E-state index contributed by atoms with van der Waals surface area (Å²) in [5.74, 6) is -30.8. The predicted octanol–water partition coefficient (Wildman–Crippen LogP) is 4.85. The standard InChI is InChI=1S/C10H8F14O2S/c11-5(12,7(15,16)8(17,18)10(22,23)24)1-3-27(25,26)4-2-6(13,14)9(19,20)21/h1-4H2. The molecule has 164 valence electrons. The SMILES string of the molecule is O=S(=O)(CCC(F)(F)C(F)(F)F)CCC(F)(F)C(F)(F)C(F)(F)C(F)(F)F. The summed E-state index contributed by atoms with van der Waals surface area (Å²) in [4.78, 5) is 0. The quantitative estimate of drug-likeness (QED) is 0.488. The van der Waals surface area contributed by atoms with Crippen LogP contribution in [0.5, 0.6) is 0 Å². The largest absolute Gasteiger partial charge is 0.460 e. The first-order valence-electron chi connectivity index (χ1n) is 6.26. The highest BCUT2D eigenvalue weighted by Crippen LogP contribution is 2.54. The van der Waals surface area contributed by atoms with Crippen molar-refractivity contribution in [3.05, 3.63) is 0 Å². The molecule has 0 spiro atoms. The van der Waals surface area contributed by atoms with E-state index in [-0.39, 0.29) is 0 Å². The van der Waals surface area contributed by atoms with Crippen LogP contribution in [0.1, 0.15) is 12.8 Å². The summed E-state index contributed by atoms with van der Waals surface area (Å²) in [5.41, 5.74) is 0. The minimum absolute atomic E-state index is 2.17. The molecule has 0 radical (unpaired) electrons. The minimum Gasteiger partial charge on any atom is -0.229 e. The lowest BCUT2D eigenvalue weighted by atomic mass is 10.0. The summed E-state index contributed by atoms with van der Waals surface area (Å²) in [6.07, 6.45) is -18.8. The van der Waals surface area contributed by atoms with E-state index in [9.17, 15) is 69.9 Å². The van der Waals surface area contributed by atoms with E-state index >= 15 is 0 Å². The molecule has 0 atom stereocenters. The monoisotopic (exact) mass is 458 g/mol. The molecule has 2 nitrogen and oxygen atoms in total. The molecule has 27 heavy (non-hydrogen) atoms. The summed E-state index contributed by atoms with van der Waals surface area (Å²) in [6.45, 7) is 0. The van der Waals surface area contributed by atoms with Gasteiger partial charge in [0.15, 0.2) is 9.84 Å². The van der Waals surface area contributed by atoms with Gasteiger partial charge in [0.05, 0.1) is 11.5 Å². The van der Waals surface area contributed by atoms with Crippen molar-refractivity contribution >= 4 is 9.84 Å². The molecule has 0 unspecified atom stereocenters. The molecule has 0 aromatic heterocycles. The molecular weight excluding hydrogens is 450 g/mol. The van der Waals surface area contributed by atoms with Crippen molar-refractivity contribution in [3.8, 4) is 0 Å². The maximum Gasteiger partial charge on any atom is 0.460 e. The zero-order valence-corrected chi connectivity index (χ0v) is 13.2. The van der Waals surface area contributed by atoms with E-state index in [4.69, 9.17) is 0 Å². The van der Waals surface area contributed by atoms with Gasteiger partial charge in [-0.05, 0) is 0 Å². The van der Waals surface area contributed by atoms with Crippen LogP contribution in [0.3, 0.4) is 0 Å². The van der Waals surface area contributed by atoms with Crippen molar-refractivity contribution < 1.29 is 69.9 Å². The van der Waals surface area contributed by atoms with Crippen LogP contribution in [-0.2, 0) is 9.84 Å². The average Bonchev–Trinajstić information content (AvgIpc) is 2.41. The van der Waals surface area contributed by atoms with Gasteiger partial charge in [-0.1, -0.05) is 0 Å². The first-order chi connectivity index (χ1) is 11.4. The topological polar surface area (TPSA) is 34.1 Å². The Morgan fingerprint density at radius 1 is 0.481 bits per heavy atom. The Balaban J connectivity index is 5.28. The van der Waals surface area contributed by atoms with Crippen LogP contribution < -0.4 is 0 Å². The smallest absolute Gasteiger partial charge is 0.229 e. The first-order valence-corrected chi connectivity index (χ1v) is 8.08. The summed E-state index contributed by atoms with van der Waals surface area (Å²) >= 11 is 0. The Labute approximate surface area is 141 Å². The highest BCUT2D eigenvalue weighted by atomic mass is 32.2. The second-order valence-electron chi connectivity index (χ2n) is 5.21. The Kier molecular flexibility index (Phi) is 6.82. The van der Waals surface area contributed by atoms with Gasteiger partial charge < -0.3 is 0 Å². The lowest BCUT2D eigenvalue weighted by Crippen LogP contribution is -2.61. The molecule has 17 heteroatoms. The van der Waals surface area contributed by atoms with Crippen LogP contribution in [0, 0.1) is 0 Å². The lowest BCUT2D eigenvalue weighted by Gasteiger charge is -2.33. The van der Waals surface area contributed by atoms with E-state index in [1.165, 1.54) is 0 Å². The normalized spacial score (nSPS) is 15.9. The fourth-order valence-electron chi connectivity index (χ4n) is 1.38. The third-order valence-corrected chi connectivity index (χ3v) is 4.73. The number of alkyl halides is 14. The Morgan fingerprint density at radius 3 is 1.11 bits per heavy atom. The fourth-order valence-corrected chi connectivity index (χ4v) is 2.71. The number of hydrogen-bond acceptors (Lipinski definition) is 2. The second-order valence-corrected chi connectivity index (χ2v) is 7.51. The molecule has 0 amide bonds. The molecule has 0 aliphatic rings. The molecule has 0 aliphatic heterocycles. The fraction of sp³-hybridized carbons (Fsp3) is 1.00. The molecule has 0 heterocycles. The molecule has 0 aromatic carbocycles. The molecule has 0 saturated heterocycles. The van der Waals surface area contributed by atoms with Gasteiger partial charge >= 0.3 is 36.0 Å². The van der Waals surface area contributed by atoms with Crippen molar-refractivity contribution in [3.63, 3.8) is 0 Å². The molecule has 0 fully saturated rings. The average molecular weight is 458 g/mol. The Hall–Kier alpha value is -1.03. The maximum atomic E-state index is 13.1. The number of hydrogen-bond donors (Lipinski definition) is 0. The lowest BCUT2D eigenvalue weighted by molar-refractivity contribution is -0.396. The van der Waals surface area contributed by atoms with Crippen LogP contribution in [-0.4, -0.2) is 56.0 Å². The van der Waals surface area contributed by atoms with Gasteiger partial charge in [-0.3, -0.25) is 0 Å². The molecule has 0 rings (SSSR count). The minimum atomic E-state index is -7.28. The van der Waals surface area contributed by atoms with Crippen LogP contribution in [0.2, 0.25) is 0 Å². The summed E-state index contributed by atoms with van der Waals surface area (Å²) in [6, 6.07) is 0. The highest BCUT2D eigenvalue weighted by molar-refractivity contribution is 7.91. The number of sulfone groups is 1. The third kappa shape index (κ3) is 5.49. The molecule has 0 aliphatic carbocycles. The molecule has 0 bridgehead atoms. The van der Waals surface area contributed by atoms with Crippen LogP contribution in [0.15, 0.2) is 0 Å². The first kappa shape index (κ1) is 26.0. The van der Waals surface area contributed by atoms with Gasteiger partial charge in [-0.15, -0.1) is 0 Å². The molecule has 0 aromatic rings. The predicted molar refractivity (Wildman–Crippen MR) is 59.8 cm³/mol. The zero-order chi connectivity index (χ0) is 22.3. The summed E-state index contributed by atoms with van der Waals surface area (Å²) in [5, 5.41) is 0.